The first kappa shape index (κ1) is 15.6. The third kappa shape index (κ3) is 2.61. The molecule has 3 fully saturated rings. The fraction of sp³-hybridized carbons (Fsp3) is 0.579. The molecule has 3 amide bonds. The highest BCUT2D eigenvalue weighted by Crippen LogP contribution is 2.36. The summed E-state index contributed by atoms with van der Waals surface area (Å²) in [6.07, 6.45) is 6.97. The molecule has 4 rings (SSSR count). The third-order valence-corrected chi connectivity index (χ3v) is 5.82. The average molecular weight is 327 g/mol. The number of hydrogen-bond acceptors (Lipinski definition) is 3. The second kappa shape index (κ2) is 6.20. The van der Waals surface area contributed by atoms with Gasteiger partial charge in [0.25, 0.3) is 5.91 Å². The largest absolute Gasteiger partial charge is 0.326 e. The Morgan fingerprint density at radius 2 is 1.79 bits per heavy atom. The van der Waals surface area contributed by atoms with Crippen molar-refractivity contribution in [3.63, 3.8) is 0 Å². The van der Waals surface area contributed by atoms with Crippen LogP contribution in [0.1, 0.15) is 56.6 Å². The van der Waals surface area contributed by atoms with Crippen molar-refractivity contribution in [3.05, 3.63) is 35.9 Å². The highest BCUT2D eigenvalue weighted by Gasteiger charge is 2.51. The van der Waals surface area contributed by atoms with Gasteiger partial charge in [-0.15, -0.1) is 0 Å². The van der Waals surface area contributed by atoms with Crippen molar-refractivity contribution in [2.75, 3.05) is 13.2 Å². The normalized spacial score (nSPS) is 27.0. The zero-order chi connectivity index (χ0) is 16.6. The van der Waals surface area contributed by atoms with Gasteiger partial charge in [-0.1, -0.05) is 49.6 Å². The van der Waals surface area contributed by atoms with Gasteiger partial charge in [0.1, 0.15) is 5.54 Å². The van der Waals surface area contributed by atoms with E-state index in [4.69, 9.17) is 0 Å². The van der Waals surface area contributed by atoms with E-state index in [1.54, 1.807) is 0 Å². The Morgan fingerprint density at radius 1 is 1.04 bits per heavy atom. The Balaban J connectivity index is 1.50. The maximum absolute atomic E-state index is 12.9. The van der Waals surface area contributed by atoms with Crippen LogP contribution in [0.15, 0.2) is 30.3 Å². The van der Waals surface area contributed by atoms with E-state index >= 15 is 0 Å². The van der Waals surface area contributed by atoms with Crippen molar-refractivity contribution >= 4 is 11.9 Å². The fourth-order valence-corrected chi connectivity index (χ4v) is 4.53. The van der Waals surface area contributed by atoms with Crippen LogP contribution in [0.4, 0.5) is 4.79 Å². The van der Waals surface area contributed by atoms with Gasteiger partial charge < -0.3 is 5.32 Å². The Labute approximate surface area is 143 Å². The van der Waals surface area contributed by atoms with E-state index in [1.165, 1.54) is 10.5 Å². The molecular formula is C19H25N3O2. The van der Waals surface area contributed by atoms with E-state index in [2.05, 4.69) is 34.5 Å². The van der Waals surface area contributed by atoms with Gasteiger partial charge in [0.15, 0.2) is 0 Å². The van der Waals surface area contributed by atoms with Crippen molar-refractivity contribution in [1.29, 1.82) is 0 Å². The molecule has 1 saturated carbocycles. The first-order chi connectivity index (χ1) is 11.7. The molecule has 0 radical (unpaired) electrons. The van der Waals surface area contributed by atoms with E-state index < -0.39 is 5.54 Å². The van der Waals surface area contributed by atoms with Gasteiger partial charge in [0.05, 0.1) is 6.67 Å². The molecule has 1 aromatic rings. The van der Waals surface area contributed by atoms with E-state index in [0.29, 0.717) is 12.7 Å². The lowest BCUT2D eigenvalue weighted by molar-refractivity contribution is -0.134. The van der Waals surface area contributed by atoms with Crippen LogP contribution >= 0.6 is 0 Å². The SMILES string of the molecule is O=C1NC2(CCCCC2)C(=O)N1CN1CCC[C@@H]1c1ccccc1. The molecule has 0 aromatic heterocycles. The van der Waals surface area contributed by atoms with Crippen LogP contribution in [-0.4, -0.2) is 40.5 Å². The molecule has 2 saturated heterocycles. The predicted octanol–water partition coefficient (Wildman–Crippen LogP) is 3.04. The predicted molar refractivity (Wildman–Crippen MR) is 91.2 cm³/mol. The van der Waals surface area contributed by atoms with Crippen molar-refractivity contribution in [2.24, 2.45) is 0 Å². The molecule has 2 aliphatic heterocycles. The van der Waals surface area contributed by atoms with Gasteiger partial charge in [-0.2, -0.15) is 0 Å². The van der Waals surface area contributed by atoms with Gasteiger partial charge >= 0.3 is 6.03 Å². The Hall–Kier alpha value is -1.88. The minimum atomic E-state index is -0.614. The summed E-state index contributed by atoms with van der Waals surface area (Å²) in [6.45, 7) is 1.34. The van der Waals surface area contributed by atoms with Crippen molar-refractivity contribution in [1.82, 2.24) is 15.1 Å². The number of carbonyl (C=O) groups excluding carboxylic acids is 2. The summed E-state index contributed by atoms with van der Waals surface area (Å²) in [5, 5.41) is 3.01. The number of likely N-dealkylation sites (tertiary alicyclic amines) is 1. The summed E-state index contributed by atoms with van der Waals surface area (Å²) in [6, 6.07) is 10.5. The molecule has 3 aliphatic rings. The van der Waals surface area contributed by atoms with Crippen LogP contribution in [0.5, 0.6) is 0 Å². The maximum Gasteiger partial charge on any atom is 0.326 e. The third-order valence-electron chi connectivity index (χ3n) is 5.82. The van der Waals surface area contributed by atoms with Crippen molar-refractivity contribution in [3.8, 4) is 0 Å². The summed E-state index contributed by atoms with van der Waals surface area (Å²) >= 11 is 0. The Bertz CT molecular complexity index is 625. The van der Waals surface area contributed by atoms with Crippen LogP contribution in [0.2, 0.25) is 0 Å². The van der Waals surface area contributed by atoms with Crippen LogP contribution in [0.3, 0.4) is 0 Å². The van der Waals surface area contributed by atoms with Gasteiger partial charge in [0, 0.05) is 12.6 Å². The molecular weight excluding hydrogens is 302 g/mol. The first-order valence-corrected chi connectivity index (χ1v) is 9.13. The molecule has 2 heterocycles. The first-order valence-electron chi connectivity index (χ1n) is 9.13. The smallest absolute Gasteiger partial charge is 0.323 e. The molecule has 24 heavy (non-hydrogen) atoms. The van der Waals surface area contributed by atoms with E-state index in [1.807, 2.05) is 6.07 Å². The average Bonchev–Trinajstić information content (AvgIpc) is 3.16. The minimum absolute atomic E-state index is 0.00842. The lowest BCUT2D eigenvalue weighted by Gasteiger charge is -2.32. The number of rotatable bonds is 3. The minimum Gasteiger partial charge on any atom is -0.323 e. The van der Waals surface area contributed by atoms with Crippen molar-refractivity contribution in [2.45, 2.75) is 56.5 Å². The molecule has 0 bridgehead atoms. The number of amides is 3. The lowest BCUT2D eigenvalue weighted by atomic mass is 9.82. The number of nitrogens with one attached hydrogen (secondary N) is 1. The highest BCUT2D eigenvalue weighted by molar-refractivity contribution is 6.07. The number of nitrogens with zero attached hydrogens (tertiary/aromatic N) is 2. The number of urea groups is 1. The zero-order valence-corrected chi connectivity index (χ0v) is 14.0. The van der Waals surface area contributed by atoms with E-state index in [-0.39, 0.29) is 11.9 Å². The molecule has 1 spiro atoms. The van der Waals surface area contributed by atoms with E-state index in [0.717, 1.165) is 51.5 Å². The quantitative estimate of drug-likeness (QED) is 0.868. The number of hydrogen-bond donors (Lipinski definition) is 1. The van der Waals surface area contributed by atoms with Crippen molar-refractivity contribution < 1.29 is 9.59 Å². The van der Waals surface area contributed by atoms with E-state index in [9.17, 15) is 9.59 Å². The van der Waals surface area contributed by atoms with Crippen LogP contribution in [0.25, 0.3) is 0 Å². The highest BCUT2D eigenvalue weighted by atomic mass is 16.2. The molecule has 1 aromatic carbocycles. The Morgan fingerprint density at radius 3 is 2.54 bits per heavy atom. The summed E-state index contributed by atoms with van der Waals surface area (Å²) in [5.41, 5.74) is 0.659. The zero-order valence-electron chi connectivity index (χ0n) is 14.0. The van der Waals surface area contributed by atoms with Gasteiger partial charge in [0.2, 0.25) is 0 Å². The van der Waals surface area contributed by atoms with Crippen LogP contribution < -0.4 is 5.32 Å². The van der Waals surface area contributed by atoms with Gasteiger partial charge in [-0.05, 0) is 31.2 Å². The number of carbonyl (C=O) groups is 2. The van der Waals surface area contributed by atoms with Gasteiger partial charge in [-0.3, -0.25) is 9.69 Å². The molecule has 0 unspecified atom stereocenters. The Kier molecular flexibility index (Phi) is 4.04. The summed E-state index contributed by atoms with van der Waals surface area (Å²) in [4.78, 5) is 29.1. The van der Waals surface area contributed by atoms with Gasteiger partial charge in [-0.25, -0.2) is 9.69 Å². The van der Waals surface area contributed by atoms with Crippen LogP contribution in [0, 0.1) is 0 Å². The monoisotopic (exact) mass is 327 g/mol. The topological polar surface area (TPSA) is 52.7 Å². The van der Waals surface area contributed by atoms with Crippen LogP contribution in [-0.2, 0) is 4.79 Å². The molecule has 128 valence electrons. The molecule has 1 aliphatic carbocycles. The summed E-state index contributed by atoms with van der Waals surface area (Å²) < 4.78 is 0. The molecule has 1 atom stereocenters. The maximum atomic E-state index is 12.9. The second-order valence-electron chi connectivity index (χ2n) is 7.33. The second-order valence-corrected chi connectivity index (χ2v) is 7.33. The summed E-state index contributed by atoms with van der Waals surface area (Å²) in [7, 11) is 0. The molecule has 1 N–H and O–H groups in total. The molecule has 5 nitrogen and oxygen atoms in total. The fourth-order valence-electron chi connectivity index (χ4n) is 4.53. The lowest BCUT2D eigenvalue weighted by Crippen LogP contribution is -2.49. The summed E-state index contributed by atoms with van der Waals surface area (Å²) in [5.74, 6) is -0.00842. The number of imide groups is 1. The molecule has 5 heteroatoms. The standard InChI is InChI=1S/C19H25N3O2/c23-17-19(11-5-2-6-12-19)20-18(24)22(17)14-21-13-7-10-16(21)15-8-3-1-4-9-15/h1,3-4,8-9,16H,2,5-7,10-14H2,(H,20,24)/t16-/m1/s1. The number of benzene rings is 1.